The van der Waals surface area contributed by atoms with Gasteiger partial charge in [0.15, 0.2) is 0 Å². The highest BCUT2D eigenvalue weighted by Crippen LogP contribution is 2.24. The molecular weight excluding hydrogens is 422 g/mol. The fraction of sp³-hybridized carbons (Fsp3) is 0. The first-order valence-electron chi connectivity index (χ1n) is 8.82. The summed E-state index contributed by atoms with van der Waals surface area (Å²) in [5.74, 6) is 0.555. The largest absolute Gasteiger partial charge is 0.379 e. The van der Waals surface area contributed by atoms with Crippen molar-refractivity contribution in [2.45, 2.75) is 4.90 Å². The zero-order chi connectivity index (χ0) is 21.1. The quantitative estimate of drug-likeness (QED) is 0.349. The molecule has 0 unspecified atom stereocenters. The minimum Gasteiger partial charge on any atom is -0.379 e. The van der Waals surface area contributed by atoms with Crippen LogP contribution in [0.5, 0.6) is 5.75 Å². The molecule has 1 N–H and O–H groups in total. The number of halogens is 1. The van der Waals surface area contributed by atoms with Gasteiger partial charge in [0.25, 0.3) is 0 Å². The lowest BCUT2D eigenvalue weighted by molar-refractivity contribution is 0.486. The molecule has 3 aromatic carbocycles. The van der Waals surface area contributed by atoms with Gasteiger partial charge in [-0.3, -0.25) is 0 Å². The van der Waals surface area contributed by atoms with Crippen LogP contribution in [-0.4, -0.2) is 18.4 Å². The van der Waals surface area contributed by atoms with Crippen LogP contribution in [0.1, 0.15) is 11.4 Å². The number of benzene rings is 3. The second kappa shape index (κ2) is 8.03. The summed E-state index contributed by atoms with van der Waals surface area (Å²) < 4.78 is 30.2. The van der Waals surface area contributed by atoms with Crippen LogP contribution in [0.15, 0.2) is 77.7 Å². The van der Waals surface area contributed by atoms with Gasteiger partial charge in [-0.15, -0.1) is 0 Å². The zero-order valence-corrected chi connectivity index (χ0v) is 17.0. The van der Waals surface area contributed by atoms with E-state index in [0.29, 0.717) is 22.0 Å². The van der Waals surface area contributed by atoms with Crippen molar-refractivity contribution in [3.63, 3.8) is 0 Å². The van der Waals surface area contributed by atoms with Gasteiger partial charge < -0.3 is 9.17 Å². The lowest BCUT2D eigenvalue weighted by atomic mass is 10.1. The van der Waals surface area contributed by atoms with E-state index in [9.17, 15) is 13.7 Å². The summed E-state index contributed by atoms with van der Waals surface area (Å²) in [4.78, 5) is 7.52. The summed E-state index contributed by atoms with van der Waals surface area (Å²) in [6, 6.07) is 21.7. The standard InChI is InChI=1S/C22H14ClN3O3S/c23-17-8-10-19(11-9-17)30(27,28)29-18-5-3-4-15(13-18)12-16(14-24)22-25-20-6-1-2-7-21(20)26-22/h1-13H,(H,25,26)/b16-12-. The molecule has 0 fully saturated rings. The van der Waals surface area contributed by atoms with E-state index in [0.717, 1.165) is 11.0 Å². The van der Waals surface area contributed by atoms with Gasteiger partial charge in [0.2, 0.25) is 0 Å². The maximum Gasteiger partial charge on any atom is 0.339 e. The number of rotatable bonds is 5. The van der Waals surface area contributed by atoms with Gasteiger partial charge in [-0.25, -0.2) is 4.98 Å². The molecule has 4 rings (SSSR count). The van der Waals surface area contributed by atoms with Gasteiger partial charge in [0, 0.05) is 5.02 Å². The molecule has 0 bridgehead atoms. The van der Waals surface area contributed by atoms with Crippen LogP contribution in [0.3, 0.4) is 0 Å². The molecule has 0 saturated carbocycles. The molecule has 0 aliphatic rings. The number of nitriles is 1. The highest BCUT2D eigenvalue weighted by atomic mass is 35.5. The number of nitrogens with zero attached hydrogens (tertiary/aromatic N) is 2. The summed E-state index contributed by atoms with van der Waals surface area (Å²) in [5, 5.41) is 10.0. The van der Waals surface area contributed by atoms with E-state index in [1.54, 1.807) is 18.2 Å². The topological polar surface area (TPSA) is 95.8 Å². The normalized spacial score (nSPS) is 11.9. The average molecular weight is 436 g/mol. The van der Waals surface area contributed by atoms with Crippen LogP contribution in [0.25, 0.3) is 22.7 Å². The molecule has 0 aliphatic carbocycles. The van der Waals surface area contributed by atoms with E-state index in [-0.39, 0.29) is 10.6 Å². The number of H-pyrrole nitrogens is 1. The van der Waals surface area contributed by atoms with Gasteiger partial charge in [0.05, 0.1) is 16.6 Å². The van der Waals surface area contributed by atoms with E-state index in [1.165, 1.54) is 36.4 Å². The van der Waals surface area contributed by atoms with Crippen LogP contribution >= 0.6 is 11.6 Å². The molecule has 30 heavy (non-hydrogen) atoms. The fourth-order valence-electron chi connectivity index (χ4n) is 2.83. The van der Waals surface area contributed by atoms with Crippen LogP contribution in [0.4, 0.5) is 0 Å². The van der Waals surface area contributed by atoms with E-state index >= 15 is 0 Å². The average Bonchev–Trinajstić information content (AvgIpc) is 3.16. The molecule has 0 spiro atoms. The molecule has 0 saturated heterocycles. The Labute approximate surface area is 178 Å². The number of nitrogens with one attached hydrogen (secondary N) is 1. The number of aromatic nitrogens is 2. The third kappa shape index (κ3) is 4.20. The molecule has 0 radical (unpaired) electrons. The van der Waals surface area contributed by atoms with Gasteiger partial charge >= 0.3 is 10.1 Å². The minimum absolute atomic E-state index is 0.00663. The van der Waals surface area contributed by atoms with E-state index in [4.69, 9.17) is 15.8 Å². The van der Waals surface area contributed by atoms with Crippen molar-refractivity contribution in [2.75, 3.05) is 0 Å². The summed E-state index contributed by atoms with van der Waals surface area (Å²) in [5.41, 5.74) is 2.47. The van der Waals surface area contributed by atoms with Crippen LogP contribution in [0.2, 0.25) is 5.02 Å². The molecule has 0 aliphatic heterocycles. The first kappa shape index (κ1) is 19.7. The molecule has 1 heterocycles. The van der Waals surface area contributed by atoms with Crippen molar-refractivity contribution in [1.82, 2.24) is 9.97 Å². The molecule has 8 heteroatoms. The third-order valence-corrected chi connectivity index (χ3v) is 5.76. The number of fused-ring (bicyclic) bond motifs is 1. The summed E-state index contributed by atoms with van der Waals surface area (Å²) in [6.07, 6.45) is 1.61. The number of imidazole rings is 1. The lowest BCUT2D eigenvalue weighted by Crippen LogP contribution is -2.09. The zero-order valence-electron chi connectivity index (χ0n) is 15.4. The Morgan fingerprint density at radius 1 is 1.07 bits per heavy atom. The summed E-state index contributed by atoms with van der Waals surface area (Å²) in [7, 11) is -4.01. The Morgan fingerprint density at radius 2 is 1.83 bits per heavy atom. The second-order valence-electron chi connectivity index (χ2n) is 6.34. The number of allylic oxidation sites excluding steroid dienone is 1. The number of hydrogen-bond acceptors (Lipinski definition) is 5. The lowest BCUT2D eigenvalue weighted by Gasteiger charge is -2.08. The van der Waals surface area contributed by atoms with Crippen LogP contribution in [-0.2, 0) is 10.1 Å². The Hall–Kier alpha value is -3.60. The Morgan fingerprint density at radius 3 is 2.57 bits per heavy atom. The molecule has 0 atom stereocenters. The summed E-state index contributed by atoms with van der Waals surface area (Å²) in [6.45, 7) is 0. The second-order valence-corrected chi connectivity index (χ2v) is 8.32. The Bertz CT molecular complexity index is 1370. The molecule has 6 nitrogen and oxygen atoms in total. The van der Waals surface area contributed by atoms with Crippen molar-refractivity contribution in [1.29, 1.82) is 5.26 Å². The van der Waals surface area contributed by atoms with Gasteiger partial charge in [-0.05, 0) is 60.2 Å². The summed E-state index contributed by atoms with van der Waals surface area (Å²) >= 11 is 5.81. The van der Waals surface area contributed by atoms with Gasteiger partial charge in [-0.2, -0.15) is 13.7 Å². The van der Waals surface area contributed by atoms with Gasteiger partial charge in [-0.1, -0.05) is 35.9 Å². The third-order valence-electron chi connectivity index (χ3n) is 4.24. The molecule has 148 valence electrons. The maximum absolute atomic E-state index is 12.5. The number of hydrogen-bond donors (Lipinski definition) is 1. The van der Waals surface area contributed by atoms with Crippen LogP contribution in [0, 0.1) is 11.3 Å². The van der Waals surface area contributed by atoms with Crippen molar-refractivity contribution in [3.05, 3.63) is 89.2 Å². The fourth-order valence-corrected chi connectivity index (χ4v) is 3.88. The number of para-hydroxylation sites is 2. The minimum atomic E-state index is -4.01. The highest BCUT2D eigenvalue weighted by Gasteiger charge is 2.17. The van der Waals surface area contributed by atoms with Crippen molar-refractivity contribution >= 4 is 44.4 Å². The molecular formula is C22H14ClN3O3S. The first-order chi connectivity index (χ1) is 14.4. The van der Waals surface area contributed by atoms with Crippen molar-refractivity contribution < 1.29 is 12.6 Å². The first-order valence-corrected chi connectivity index (χ1v) is 10.6. The highest BCUT2D eigenvalue weighted by molar-refractivity contribution is 7.87. The predicted octanol–water partition coefficient (Wildman–Crippen LogP) is 5.05. The predicted molar refractivity (Wildman–Crippen MR) is 115 cm³/mol. The SMILES string of the molecule is N#C/C(=C/c1cccc(OS(=O)(=O)c2ccc(Cl)cc2)c1)c1nc2ccccc2[nH]1. The van der Waals surface area contributed by atoms with E-state index in [2.05, 4.69) is 16.0 Å². The van der Waals surface area contributed by atoms with Crippen LogP contribution < -0.4 is 4.18 Å². The molecule has 4 aromatic rings. The Kier molecular flexibility index (Phi) is 5.27. The maximum atomic E-state index is 12.5. The van der Waals surface area contributed by atoms with Gasteiger partial charge in [0.1, 0.15) is 22.5 Å². The molecule has 0 amide bonds. The van der Waals surface area contributed by atoms with E-state index < -0.39 is 10.1 Å². The molecule has 1 aromatic heterocycles. The number of aromatic amines is 1. The Balaban J connectivity index is 1.63. The monoisotopic (exact) mass is 435 g/mol. The van der Waals surface area contributed by atoms with E-state index in [1.807, 2.05) is 24.3 Å². The van der Waals surface area contributed by atoms with Crippen molar-refractivity contribution in [2.24, 2.45) is 0 Å². The smallest absolute Gasteiger partial charge is 0.339 e. The van der Waals surface area contributed by atoms with Crippen molar-refractivity contribution in [3.8, 4) is 11.8 Å².